The topological polar surface area (TPSA) is 71.3 Å². The number of thioether (sulfide) groups is 1. The summed E-state index contributed by atoms with van der Waals surface area (Å²) in [6.07, 6.45) is 1.46. The van der Waals surface area contributed by atoms with Crippen molar-refractivity contribution in [2.24, 2.45) is 0 Å². The molecule has 2 N–H and O–H groups in total. The molecule has 5 nitrogen and oxygen atoms in total. The molecule has 33 heavy (non-hydrogen) atoms. The zero-order chi connectivity index (χ0) is 23.2. The molecule has 0 spiro atoms. The van der Waals surface area contributed by atoms with E-state index < -0.39 is 5.25 Å². The van der Waals surface area contributed by atoms with Crippen LogP contribution in [-0.2, 0) is 4.79 Å². The second kappa shape index (κ2) is 10.2. The first-order valence-corrected chi connectivity index (χ1v) is 11.4. The monoisotopic (exact) mass is 456 g/mol. The van der Waals surface area contributed by atoms with E-state index in [-0.39, 0.29) is 17.6 Å². The summed E-state index contributed by atoms with van der Waals surface area (Å²) in [5.74, 6) is -0.149. The van der Waals surface area contributed by atoms with Crippen molar-refractivity contribution in [2.45, 2.75) is 24.0 Å². The van der Waals surface area contributed by atoms with Crippen LogP contribution in [0.15, 0.2) is 101 Å². The van der Waals surface area contributed by atoms with Gasteiger partial charge in [0.15, 0.2) is 5.76 Å². The lowest BCUT2D eigenvalue weighted by Gasteiger charge is -2.18. The van der Waals surface area contributed by atoms with Crippen LogP contribution in [0.25, 0.3) is 0 Å². The van der Waals surface area contributed by atoms with Crippen LogP contribution in [0.1, 0.15) is 32.5 Å². The Kier molecular flexibility index (Phi) is 6.95. The zero-order valence-electron chi connectivity index (χ0n) is 18.4. The van der Waals surface area contributed by atoms with Crippen molar-refractivity contribution < 1.29 is 14.0 Å². The Morgan fingerprint density at radius 2 is 1.61 bits per heavy atom. The molecule has 1 atom stereocenters. The number of amides is 2. The smallest absolute Gasteiger partial charge is 0.291 e. The van der Waals surface area contributed by atoms with Crippen molar-refractivity contribution in [3.05, 3.63) is 114 Å². The predicted octanol–water partition coefficient (Wildman–Crippen LogP) is 6.62. The van der Waals surface area contributed by atoms with Gasteiger partial charge in [-0.3, -0.25) is 9.59 Å². The van der Waals surface area contributed by atoms with Gasteiger partial charge in [-0.1, -0.05) is 48.0 Å². The number of rotatable bonds is 7. The Bertz CT molecular complexity index is 1240. The molecular formula is C27H24N2O3S. The number of carbonyl (C=O) groups excluding carboxylic acids is 2. The largest absolute Gasteiger partial charge is 0.459 e. The van der Waals surface area contributed by atoms with E-state index in [1.54, 1.807) is 12.1 Å². The minimum absolute atomic E-state index is 0.0895. The predicted molar refractivity (Wildman–Crippen MR) is 133 cm³/mol. The maximum atomic E-state index is 13.3. The van der Waals surface area contributed by atoms with Crippen molar-refractivity contribution in [3.63, 3.8) is 0 Å². The summed E-state index contributed by atoms with van der Waals surface area (Å²) in [6, 6.07) is 26.4. The van der Waals surface area contributed by atoms with E-state index >= 15 is 0 Å². The van der Waals surface area contributed by atoms with Crippen molar-refractivity contribution in [3.8, 4) is 0 Å². The average molecular weight is 457 g/mol. The molecule has 3 aromatic carbocycles. The summed E-state index contributed by atoms with van der Waals surface area (Å²) >= 11 is 1.46. The first-order chi connectivity index (χ1) is 16.0. The van der Waals surface area contributed by atoms with Crippen molar-refractivity contribution >= 4 is 35.0 Å². The highest BCUT2D eigenvalue weighted by atomic mass is 32.2. The van der Waals surface area contributed by atoms with Crippen LogP contribution in [0.2, 0.25) is 0 Å². The van der Waals surface area contributed by atoms with Gasteiger partial charge in [0.25, 0.3) is 5.91 Å². The Balaban J connectivity index is 1.51. The molecule has 0 bridgehead atoms. The molecular weight excluding hydrogens is 432 g/mol. The van der Waals surface area contributed by atoms with E-state index in [4.69, 9.17) is 4.42 Å². The molecule has 4 rings (SSSR count). The van der Waals surface area contributed by atoms with Crippen molar-refractivity contribution in [1.82, 2.24) is 0 Å². The highest BCUT2D eigenvalue weighted by Crippen LogP contribution is 2.37. The molecule has 0 aliphatic carbocycles. The third kappa shape index (κ3) is 5.73. The molecule has 2 amide bonds. The van der Waals surface area contributed by atoms with Crippen molar-refractivity contribution in [1.29, 1.82) is 0 Å². The molecule has 4 aromatic rings. The van der Waals surface area contributed by atoms with E-state index in [1.807, 2.05) is 80.6 Å². The first-order valence-electron chi connectivity index (χ1n) is 10.5. The van der Waals surface area contributed by atoms with Crippen molar-refractivity contribution in [2.75, 3.05) is 10.6 Å². The quantitative estimate of drug-likeness (QED) is 0.307. The molecule has 0 saturated carbocycles. The average Bonchev–Trinajstić information content (AvgIpc) is 3.36. The Morgan fingerprint density at radius 1 is 0.848 bits per heavy atom. The standard InChI is InChI=1S/C27H24N2O3S/c1-18-10-15-23(19(2)17-18)29-27(31)25(20-7-4-3-5-8-20)33-22-13-11-21(12-14-22)28-26(30)24-9-6-16-32-24/h3-17,25H,1-2H3,(H,28,30)(H,29,31). The fraction of sp³-hybridized carbons (Fsp3) is 0.111. The number of furan rings is 1. The second-order valence-corrected chi connectivity index (χ2v) is 8.85. The zero-order valence-corrected chi connectivity index (χ0v) is 19.2. The lowest BCUT2D eigenvalue weighted by atomic mass is 10.1. The van der Waals surface area contributed by atoms with Gasteiger partial charge >= 0.3 is 0 Å². The van der Waals surface area contributed by atoms with Gasteiger partial charge in [-0.25, -0.2) is 0 Å². The fourth-order valence-corrected chi connectivity index (χ4v) is 4.43. The van der Waals surface area contributed by atoms with Crippen LogP contribution in [-0.4, -0.2) is 11.8 Å². The third-order valence-electron chi connectivity index (χ3n) is 5.09. The molecule has 0 saturated heterocycles. The molecule has 0 fully saturated rings. The van der Waals surface area contributed by atoms with Crippen LogP contribution in [0, 0.1) is 13.8 Å². The molecule has 0 aliphatic rings. The van der Waals surface area contributed by atoms with Gasteiger partial charge in [0.05, 0.1) is 6.26 Å². The first kappa shape index (κ1) is 22.4. The SMILES string of the molecule is Cc1ccc(NC(=O)C(Sc2ccc(NC(=O)c3ccco3)cc2)c2ccccc2)c(C)c1. The fourth-order valence-electron chi connectivity index (χ4n) is 3.41. The van der Waals surface area contributed by atoms with Crippen LogP contribution in [0.5, 0.6) is 0 Å². The summed E-state index contributed by atoms with van der Waals surface area (Å²) in [4.78, 5) is 26.4. The number of benzene rings is 3. The number of anilines is 2. The molecule has 0 aliphatic heterocycles. The number of carbonyl (C=O) groups is 2. The van der Waals surface area contributed by atoms with Gasteiger partial charge in [-0.15, -0.1) is 11.8 Å². The molecule has 6 heteroatoms. The summed E-state index contributed by atoms with van der Waals surface area (Å²) in [5, 5.41) is 5.45. The normalized spacial score (nSPS) is 11.6. The van der Waals surface area contributed by atoms with Crippen LogP contribution in [0.3, 0.4) is 0 Å². The Morgan fingerprint density at radius 3 is 2.27 bits per heavy atom. The third-order valence-corrected chi connectivity index (χ3v) is 6.36. The molecule has 1 unspecified atom stereocenters. The van der Waals surface area contributed by atoms with Gasteiger partial charge in [-0.2, -0.15) is 0 Å². The molecule has 0 radical (unpaired) electrons. The molecule has 1 aromatic heterocycles. The summed E-state index contributed by atoms with van der Waals surface area (Å²) in [7, 11) is 0. The second-order valence-electron chi connectivity index (χ2n) is 7.67. The van der Waals surface area contributed by atoms with Crippen LogP contribution >= 0.6 is 11.8 Å². The lowest BCUT2D eigenvalue weighted by Crippen LogP contribution is -2.19. The molecule has 166 valence electrons. The number of hydrogen-bond donors (Lipinski definition) is 2. The van der Waals surface area contributed by atoms with Gasteiger partial charge in [0, 0.05) is 16.3 Å². The Hall–Kier alpha value is -3.77. The van der Waals surface area contributed by atoms with Gasteiger partial charge in [0.2, 0.25) is 5.91 Å². The van der Waals surface area contributed by atoms with E-state index in [1.165, 1.54) is 18.0 Å². The Labute approximate surface area is 197 Å². The highest BCUT2D eigenvalue weighted by molar-refractivity contribution is 8.00. The highest BCUT2D eigenvalue weighted by Gasteiger charge is 2.23. The van der Waals surface area contributed by atoms with E-state index in [9.17, 15) is 9.59 Å². The summed E-state index contributed by atoms with van der Waals surface area (Å²) < 4.78 is 5.12. The number of nitrogens with one attached hydrogen (secondary N) is 2. The number of hydrogen-bond acceptors (Lipinski definition) is 4. The minimum Gasteiger partial charge on any atom is -0.459 e. The number of aryl methyl sites for hydroxylation is 2. The van der Waals surface area contributed by atoms with Crippen LogP contribution < -0.4 is 10.6 Å². The maximum Gasteiger partial charge on any atom is 0.291 e. The minimum atomic E-state index is -0.435. The lowest BCUT2D eigenvalue weighted by molar-refractivity contribution is -0.115. The van der Waals surface area contributed by atoms with Gasteiger partial charge < -0.3 is 15.1 Å². The van der Waals surface area contributed by atoms with Gasteiger partial charge in [-0.05, 0) is 67.4 Å². The summed E-state index contributed by atoms with van der Waals surface area (Å²) in [6.45, 7) is 4.02. The van der Waals surface area contributed by atoms with Gasteiger partial charge in [0.1, 0.15) is 5.25 Å². The van der Waals surface area contributed by atoms with Crippen LogP contribution in [0.4, 0.5) is 11.4 Å². The summed E-state index contributed by atoms with van der Waals surface area (Å²) in [5.41, 5.74) is 4.55. The maximum absolute atomic E-state index is 13.3. The molecule has 1 heterocycles. The van der Waals surface area contributed by atoms with E-state index in [0.717, 1.165) is 27.3 Å². The van der Waals surface area contributed by atoms with E-state index in [2.05, 4.69) is 16.7 Å². The van der Waals surface area contributed by atoms with E-state index in [0.29, 0.717) is 5.69 Å².